The van der Waals surface area contributed by atoms with E-state index in [1.807, 2.05) is 0 Å². The minimum Gasteiger partial charge on any atom is -0.465 e. The van der Waals surface area contributed by atoms with E-state index in [2.05, 4.69) is 20.8 Å². The van der Waals surface area contributed by atoms with Crippen molar-refractivity contribution in [2.75, 3.05) is 13.2 Å². The Labute approximate surface area is 166 Å². The molecule has 0 aromatic carbocycles. The molecule has 2 atom stereocenters. The van der Waals surface area contributed by atoms with E-state index in [4.69, 9.17) is 9.47 Å². The zero-order chi connectivity index (χ0) is 19.9. The van der Waals surface area contributed by atoms with Crippen LogP contribution in [0.25, 0.3) is 0 Å². The lowest BCUT2D eigenvalue weighted by atomic mass is 9.79. The van der Waals surface area contributed by atoms with E-state index in [9.17, 15) is 9.59 Å². The Kier molecular flexibility index (Phi) is 13.3. The van der Waals surface area contributed by atoms with Gasteiger partial charge in [-0.3, -0.25) is 9.59 Å². The van der Waals surface area contributed by atoms with E-state index in [0.717, 1.165) is 57.3 Å². The Morgan fingerprint density at radius 2 is 1.26 bits per heavy atom. The molecule has 0 radical (unpaired) electrons. The van der Waals surface area contributed by atoms with Crippen molar-refractivity contribution in [1.82, 2.24) is 0 Å². The summed E-state index contributed by atoms with van der Waals surface area (Å²) in [6.07, 6.45) is 13.8. The summed E-state index contributed by atoms with van der Waals surface area (Å²) < 4.78 is 10.9. The number of unbranched alkanes of at least 4 members (excludes halogenated alkanes) is 6. The average molecular weight is 383 g/mol. The van der Waals surface area contributed by atoms with Gasteiger partial charge in [-0.05, 0) is 31.6 Å². The molecule has 4 nitrogen and oxygen atoms in total. The van der Waals surface area contributed by atoms with E-state index in [0.29, 0.717) is 13.2 Å². The second-order valence-electron chi connectivity index (χ2n) is 8.49. The Morgan fingerprint density at radius 3 is 1.78 bits per heavy atom. The summed E-state index contributed by atoms with van der Waals surface area (Å²) in [5.41, 5.74) is 0. The van der Waals surface area contributed by atoms with E-state index in [1.54, 1.807) is 0 Å². The monoisotopic (exact) mass is 382 g/mol. The van der Waals surface area contributed by atoms with Gasteiger partial charge in [0.2, 0.25) is 0 Å². The summed E-state index contributed by atoms with van der Waals surface area (Å²) in [4.78, 5) is 24.8. The molecule has 0 aromatic heterocycles. The van der Waals surface area contributed by atoms with Crippen LogP contribution < -0.4 is 0 Å². The first-order valence-electron chi connectivity index (χ1n) is 11.4. The molecule has 0 bridgehead atoms. The molecule has 1 saturated carbocycles. The van der Waals surface area contributed by atoms with Crippen LogP contribution in [0.4, 0.5) is 0 Å². The van der Waals surface area contributed by atoms with Crippen molar-refractivity contribution in [3.63, 3.8) is 0 Å². The standard InChI is InChI=1S/C23H42O4/c1-4-5-17-26-22(24)20-15-11-12-16-21(20)23(25)27-18-13-9-7-6-8-10-14-19(2)3/h19-21H,4-18H2,1-3H3. The van der Waals surface area contributed by atoms with Crippen LogP contribution in [0, 0.1) is 17.8 Å². The largest absolute Gasteiger partial charge is 0.465 e. The molecule has 0 aliphatic heterocycles. The first-order valence-corrected chi connectivity index (χ1v) is 11.4. The van der Waals surface area contributed by atoms with Crippen LogP contribution in [-0.2, 0) is 19.1 Å². The van der Waals surface area contributed by atoms with Gasteiger partial charge in [-0.1, -0.05) is 78.6 Å². The average Bonchev–Trinajstić information content (AvgIpc) is 2.66. The number of esters is 2. The summed E-state index contributed by atoms with van der Waals surface area (Å²) in [5.74, 6) is -0.194. The van der Waals surface area contributed by atoms with Gasteiger partial charge in [0.15, 0.2) is 0 Å². The summed E-state index contributed by atoms with van der Waals surface area (Å²) in [6, 6.07) is 0. The highest BCUT2D eigenvalue weighted by atomic mass is 16.5. The van der Waals surface area contributed by atoms with Crippen LogP contribution in [0.5, 0.6) is 0 Å². The topological polar surface area (TPSA) is 52.6 Å². The molecule has 0 aromatic rings. The van der Waals surface area contributed by atoms with Gasteiger partial charge in [0, 0.05) is 0 Å². The second kappa shape index (κ2) is 14.9. The Balaban J connectivity index is 2.18. The van der Waals surface area contributed by atoms with Crippen LogP contribution >= 0.6 is 0 Å². The number of ether oxygens (including phenoxy) is 2. The van der Waals surface area contributed by atoms with Crippen LogP contribution in [0.2, 0.25) is 0 Å². The highest BCUT2D eigenvalue weighted by molar-refractivity contribution is 5.82. The lowest BCUT2D eigenvalue weighted by Gasteiger charge is -2.28. The smallest absolute Gasteiger partial charge is 0.309 e. The summed E-state index contributed by atoms with van der Waals surface area (Å²) in [7, 11) is 0. The van der Waals surface area contributed by atoms with Crippen molar-refractivity contribution < 1.29 is 19.1 Å². The Bertz CT molecular complexity index is 405. The fourth-order valence-electron chi connectivity index (χ4n) is 3.76. The molecule has 0 heterocycles. The fourth-order valence-corrected chi connectivity index (χ4v) is 3.76. The molecule has 1 aliphatic rings. The second-order valence-corrected chi connectivity index (χ2v) is 8.49. The van der Waals surface area contributed by atoms with Crippen molar-refractivity contribution in [2.45, 2.75) is 104 Å². The molecule has 1 fully saturated rings. The molecule has 0 N–H and O–H groups in total. The van der Waals surface area contributed by atoms with Gasteiger partial charge in [0.1, 0.15) is 0 Å². The number of carbonyl (C=O) groups excluding carboxylic acids is 2. The van der Waals surface area contributed by atoms with E-state index >= 15 is 0 Å². The lowest BCUT2D eigenvalue weighted by Crippen LogP contribution is -2.35. The quantitative estimate of drug-likeness (QED) is 0.270. The maximum absolute atomic E-state index is 12.5. The minimum atomic E-state index is -0.302. The van der Waals surface area contributed by atoms with E-state index < -0.39 is 0 Å². The van der Waals surface area contributed by atoms with Gasteiger partial charge in [-0.2, -0.15) is 0 Å². The van der Waals surface area contributed by atoms with Gasteiger partial charge < -0.3 is 9.47 Å². The van der Waals surface area contributed by atoms with Crippen LogP contribution in [-0.4, -0.2) is 25.2 Å². The van der Waals surface area contributed by atoms with Crippen molar-refractivity contribution in [1.29, 1.82) is 0 Å². The number of carbonyl (C=O) groups is 2. The molecule has 2 unspecified atom stereocenters. The van der Waals surface area contributed by atoms with Crippen molar-refractivity contribution in [2.24, 2.45) is 17.8 Å². The number of hydrogen-bond donors (Lipinski definition) is 0. The Morgan fingerprint density at radius 1 is 0.778 bits per heavy atom. The van der Waals surface area contributed by atoms with E-state index in [1.165, 1.54) is 32.1 Å². The summed E-state index contributed by atoms with van der Waals surface area (Å²) in [5, 5.41) is 0. The third kappa shape index (κ3) is 10.8. The molecular weight excluding hydrogens is 340 g/mol. The molecular formula is C23H42O4. The predicted octanol–water partition coefficient (Wildman–Crippen LogP) is 6.07. The van der Waals surface area contributed by atoms with Crippen LogP contribution in [0.1, 0.15) is 104 Å². The fraction of sp³-hybridized carbons (Fsp3) is 0.913. The highest BCUT2D eigenvalue weighted by Gasteiger charge is 2.37. The normalized spacial score (nSPS) is 19.9. The van der Waals surface area contributed by atoms with Crippen molar-refractivity contribution >= 4 is 11.9 Å². The van der Waals surface area contributed by atoms with Gasteiger partial charge in [0.05, 0.1) is 25.0 Å². The predicted molar refractivity (Wildman–Crippen MR) is 109 cm³/mol. The molecule has 1 aliphatic carbocycles. The molecule has 4 heteroatoms. The van der Waals surface area contributed by atoms with Crippen LogP contribution in [0.3, 0.4) is 0 Å². The zero-order valence-corrected chi connectivity index (χ0v) is 18.0. The molecule has 0 amide bonds. The third-order valence-corrected chi connectivity index (χ3v) is 5.53. The molecule has 158 valence electrons. The van der Waals surface area contributed by atoms with Gasteiger partial charge in [-0.25, -0.2) is 0 Å². The summed E-state index contributed by atoms with van der Waals surface area (Å²) >= 11 is 0. The first kappa shape index (κ1) is 24.0. The molecule has 27 heavy (non-hydrogen) atoms. The van der Waals surface area contributed by atoms with Gasteiger partial charge in [-0.15, -0.1) is 0 Å². The lowest BCUT2D eigenvalue weighted by molar-refractivity contribution is -0.163. The van der Waals surface area contributed by atoms with Crippen LogP contribution in [0.15, 0.2) is 0 Å². The number of hydrogen-bond acceptors (Lipinski definition) is 4. The van der Waals surface area contributed by atoms with Crippen molar-refractivity contribution in [3.05, 3.63) is 0 Å². The van der Waals surface area contributed by atoms with Gasteiger partial charge >= 0.3 is 11.9 Å². The van der Waals surface area contributed by atoms with Gasteiger partial charge in [0.25, 0.3) is 0 Å². The molecule has 0 saturated heterocycles. The Hall–Kier alpha value is -1.06. The minimum absolute atomic E-state index is 0.191. The first-order chi connectivity index (χ1) is 13.1. The zero-order valence-electron chi connectivity index (χ0n) is 18.0. The number of rotatable bonds is 14. The maximum Gasteiger partial charge on any atom is 0.309 e. The third-order valence-electron chi connectivity index (χ3n) is 5.53. The SMILES string of the molecule is CCCCOC(=O)C1CCCCC1C(=O)OCCCCCCCCC(C)C. The van der Waals surface area contributed by atoms with Crippen molar-refractivity contribution in [3.8, 4) is 0 Å². The maximum atomic E-state index is 12.5. The summed E-state index contributed by atoms with van der Waals surface area (Å²) in [6.45, 7) is 7.57. The molecule has 1 rings (SSSR count). The molecule has 0 spiro atoms. The highest BCUT2D eigenvalue weighted by Crippen LogP contribution is 2.32. The van der Waals surface area contributed by atoms with E-state index in [-0.39, 0.29) is 23.8 Å².